The maximum Gasteiger partial charge on any atom is 0.214 e. The monoisotopic (exact) mass is 234 g/mol. The Morgan fingerprint density at radius 3 is 2.07 bits per heavy atom. The lowest BCUT2D eigenvalue weighted by molar-refractivity contribution is 0.110. The molecule has 15 heavy (non-hydrogen) atoms. The Bertz CT molecular complexity index is 316. The highest BCUT2D eigenvalue weighted by Crippen LogP contribution is 2.29. The van der Waals surface area contributed by atoms with Gasteiger partial charge in [-0.2, -0.15) is 4.31 Å². The molecule has 1 rings (SSSR count). The van der Waals surface area contributed by atoms with Crippen molar-refractivity contribution in [3.8, 4) is 0 Å². The molecule has 1 heterocycles. The molecule has 0 aliphatic carbocycles. The van der Waals surface area contributed by atoms with Gasteiger partial charge < -0.3 is 5.73 Å². The van der Waals surface area contributed by atoms with Crippen LogP contribution in [0.15, 0.2) is 0 Å². The molecule has 0 spiro atoms. The van der Waals surface area contributed by atoms with E-state index in [2.05, 4.69) is 0 Å². The molecule has 1 aliphatic heterocycles. The van der Waals surface area contributed by atoms with Crippen molar-refractivity contribution in [1.82, 2.24) is 4.31 Å². The Kier molecular flexibility index (Phi) is 3.48. The predicted octanol–water partition coefficient (Wildman–Crippen LogP) is 0.641. The van der Waals surface area contributed by atoms with Crippen LogP contribution >= 0.6 is 0 Å². The van der Waals surface area contributed by atoms with Crippen LogP contribution < -0.4 is 5.73 Å². The van der Waals surface area contributed by atoms with Crippen LogP contribution in [0.3, 0.4) is 0 Å². The summed E-state index contributed by atoms with van der Waals surface area (Å²) >= 11 is 0. The van der Waals surface area contributed by atoms with Gasteiger partial charge in [-0.1, -0.05) is 27.7 Å². The number of sulfonamides is 1. The van der Waals surface area contributed by atoms with Crippen molar-refractivity contribution in [2.24, 2.45) is 17.6 Å². The second kappa shape index (κ2) is 4.03. The summed E-state index contributed by atoms with van der Waals surface area (Å²) in [5.41, 5.74) is 5.74. The minimum atomic E-state index is -3.07. The highest BCUT2D eigenvalue weighted by Gasteiger charge is 2.46. The summed E-state index contributed by atoms with van der Waals surface area (Å²) < 4.78 is 25.1. The van der Waals surface area contributed by atoms with Crippen molar-refractivity contribution in [3.63, 3.8) is 0 Å². The van der Waals surface area contributed by atoms with Crippen LogP contribution in [0.2, 0.25) is 0 Å². The lowest BCUT2D eigenvalue weighted by Crippen LogP contribution is -2.71. The quantitative estimate of drug-likeness (QED) is 0.776. The Morgan fingerprint density at radius 1 is 1.27 bits per heavy atom. The van der Waals surface area contributed by atoms with Crippen molar-refractivity contribution in [1.29, 1.82) is 0 Å². The van der Waals surface area contributed by atoms with Crippen molar-refractivity contribution in [2.75, 3.05) is 18.8 Å². The highest BCUT2D eigenvalue weighted by atomic mass is 32.2. The topological polar surface area (TPSA) is 63.4 Å². The van der Waals surface area contributed by atoms with E-state index in [1.165, 1.54) is 4.31 Å². The minimum absolute atomic E-state index is 0.168. The molecule has 1 aliphatic rings. The Balaban J connectivity index is 2.59. The first-order valence-electron chi connectivity index (χ1n) is 5.44. The van der Waals surface area contributed by atoms with E-state index in [9.17, 15) is 8.42 Å². The third-order valence-electron chi connectivity index (χ3n) is 3.03. The molecule has 0 aromatic carbocycles. The van der Waals surface area contributed by atoms with Gasteiger partial charge in [-0.25, -0.2) is 8.42 Å². The summed E-state index contributed by atoms with van der Waals surface area (Å²) in [6, 6.07) is 0. The maximum atomic E-state index is 11.8. The van der Waals surface area contributed by atoms with Crippen molar-refractivity contribution < 1.29 is 8.42 Å². The van der Waals surface area contributed by atoms with Gasteiger partial charge in [0.05, 0.1) is 5.75 Å². The summed E-state index contributed by atoms with van der Waals surface area (Å²) in [4.78, 5) is 0. The average Bonchev–Trinajstić information content (AvgIpc) is 1.95. The van der Waals surface area contributed by atoms with Crippen LogP contribution in [0.25, 0.3) is 0 Å². The van der Waals surface area contributed by atoms with E-state index in [4.69, 9.17) is 5.73 Å². The largest absolute Gasteiger partial charge is 0.323 e. The molecule has 1 saturated heterocycles. The molecule has 0 aromatic heterocycles. The van der Waals surface area contributed by atoms with Gasteiger partial charge in [-0.15, -0.1) is 0 Å². The second-order valence-corrected chi connectivity index (χ2v) is 7.34. The van der Waals surface area contributed by atoms with Gasteiger partial charge in [0.2, 0.25) is 10.0 Å². The SMILES string of the molecule is CC(C)CS(=O)(=O)N1CC(N)(C(C)C)C1. The molecule has 0 aromatic rings. The van der Waals surface area contributed by atoms with Gasteiger partial charge in [0.1, 0.15) is 0 Å². The lowest BCUT2D eigenvalue weighted by atomic mass is 9.82. The maximum absolute atomic E-state index is 11.8. The molecule has 90 valence electrons. The van der Waals surface area contributed by atoms with E-state index in [1.54, 1.807) is 0 Å². The molecule has 2 N–H and O–H groups in total. The molecule has 1 fully saturated rings. The number of nitrogens with zero attached hydrogens (tertiary/aromatic N) is 1. The van der Waals surface area contributed by atoms with E-state index in [0.717, 1.165) is 0 Å². The average molecular weight is 234 g/mol. The van der Waals surface area contributed by atoms with Crippen LogP contribution in [0, 0.1) is 11.8 Å². The molecule has 5 heteroatoms. The van der Waals surface area contributed by atoms with E-state index in [-0.39, 0.29) is 17.2 Å². The minimum Gasteiger partial charge on any atom is -0.323 e. The zero-order chi connectivity index (χ0) is 11.9. The van der Waals surface area contributed by atoms with E-state index in [1.807, 2.05) is 27.7 Å². The first-order valence-corrected chi connectivity index (χ1v) is 7.05. The van der Waals surface area contributed by atoms with Crippen LogP contribution in [-0.2, 0) is 10.0 Å². The molecule has 0 radical (unpaired) electrons. The summed E-state index contributed by atoms with van der Waals surface area (Å²) in [6.07, 6.45) is 0. The number of hydrogen-bond acceptors (Lipinski definition) is 3. The third kappa shape index (κ3) is 2.71. The number of rotatable bonds is 4. The summed E-state index contributed by atoms with van der Waals surface area (Å²) in [6.45, 7) is 8.84. The number of hydrogen-bond donors (Lipinski definition) is 1. The molecule has 0 atom stereocenters. The van der Waals surface area contributed by atoms with Crippen LogP contribution in [0.1, 0.15) is 27.7 Å². The van der Waals surface area contributed by atoms with Gasteiger partial charge in [-0.3, -0.25) is 0 Å². The van der Waals surface area contributed by atoms with Crippen molar-refractivity contribution >= 4 is 10.0 Å². The first kappa shape index (κ1) is 12.9. The lowest BCUT2D eigenvalue weighted by Gasteiger charge is -2.49. The van der Waals surface area contributed by atoms with Gasteiger partial charge in [0.25, 0.3) is 0 Å². The molecule has 0 bridgehead atoms. The zero-order valence-electron chi connectivity index (χ0n) is 10.0. The summed E-state index contributed by atoms with van der Waals surface area (Å²) in [7, 11) is -3.07. The van der Waals surface area contributed by atoms with Crippen molar-refractivity contribution in [2.45, 2.75) is 33.2 Å². The van der Waals surface area contributed by atoms with Crippen LogP contribution in [0.4, 0.5) is 0 Å². The molecular weight excluding hydrogens is 212 g/mol. The zero-order valence-corrected chi connectivity index (χ0v) is 10.8. The Labute approximate surface area is 92.9 Å². The standard InChI is InChI=1S/C10H22N2O2S/c1-8(2)5-15(13,14)12-6-10(11,7-12)9(3)4/h8-9H,5-7,11H2,1-4H3. The van der Waals surface area contributed by atoms with E-state index in [0.29, 0.717) is 19.0 Å². The first-order chi connectivity index (χ1) is 6.67. The van der Waals surface area contributed by atoms with Gasteiger partial charge >= 0.3 is 0 Å². The fraction of sp³-hybridized carbons (Fsp3) is 1.00. The second-order valence-electron chi connectivity index (χ2n) is 5.33. The Morgan fingerprint density at radius 2 is 1.73 bits per heavy atom. The smallest absolute Gasteiger partial charge is 0.214 e. The molecule has 0 amide bonds. The van der Waals surface area contributed by atoms with Crippen LogP contribution in [-0.4, -0.2) is 37.1 Å². The van der Waals surface area contributed by atoms with E-state index >= 15 is 0 Å². The van der Waals surface area contributed by atoms with Gasteiger partial charge in [0.15, 0.2) is 0 Å². The van der Waals surface area contributed by atoms with Gasteiger partial charge in [0, 0.05) is 18.6 Å². The Hall–Kier alpha value is -0.130. The molecule has 0 unspecified atom stereocenters. The fourth-order valence-corrected chi connectivity index (χ4v) is 3.63. The third-order valence-corrected chi connectivity index (χ3v) is 5.16. The predicted molar refractivity (Wildman–Crippen MR) is 62.0 cm³/mol. The molecule has 4 nitrogen and oxygen atoms in total. The highest BCUT2D eigenvalue weighted by molar-refractivity contribution is 7.89. The molecule has 0 saturated carbocycles. The van der Waals surface area contributed by atoms with E-state index < -0.39 is 10.0 Å². The fourth-order valence-electron chi connectivity index (χ4n) is 1.70. The summed E-state index contributed by atoms with van der Waals surface area (Å²) in [5, 5.41) is 0. The van der Waals surface area contributed by atoms with Crippen LogP contribution in [0.5, 0.6) is 0 Å². The normalized spacial score (nSPS) is 22.1. The van der Waals surface area contributed by atoms with Gasteiger partial charge in [-0.05, 0) is 11.8 Å². The summed E-state index contributed by atoms with van der Waals surface area (Å²) in [5.74, 6) is 0.714. The van der Waals surface area contributed by atoms with Crippen molar-refractivity contribution in [3.05, 3.63) is 0 Å². The number of nitrogens with two attached hydrogens (primary N) is 1. The molecular formula is C10H22N2O2S.